The average molecular weight is 351 g/mol. The van der Waals surface area contributed by atoms with Crippen LogP contribution >= 0.6 is 15.9 Å². The summed E-state index contributed by atoms with van der Waals surface area (Å²) in [7, 11) is 0. The first kappa shape index (κ1) is 15.3. The highest BCUT2D eigenvalue weighted by molar-refractivity contribution is 9.10. The number of alkyl halides is 3. The lowest BCUT2D eigenvalue weighted by atomic mass is 9.85. The van der Waals surface area contributed by atoms with E-state index in [-0.39, 0.29) is 19.5 Å². The van der Waals surface area contributed by atoms with Crippen LogP contribution in [0.25, 0.3) is 0 Å². The fourth-order valence-electron chi connectivity index (χ4n) is 2.23. The molecule has 0 bridgehead atoms. The lowest BCUT2D eigenvalue weighted by Gasteiger charge is -2.29. The Morgan fingerprint density at radius 2 is 2.15 bits per heavy atom. The number of hydrogen-bond donors (Lipinski definition) is 2. The fourth-order valence-corrected chi connectivity index (χ4v) is 2.59. The Kier molecular flexibility index (Phi) is 4.11. The first-order valence-electron chi connectivity index (χ1n) is 6.11. The number of carbonyl (C=O) groups is 1. The zero-order valence-corrected chi connectivity index (χ0v) is 12.4. The summed E-state index contributed by atoms with van der Waals surface area (Å²) >= 11 is 3.24. The summed E-state index contributed by atoms with van der Waals surface area (Å²) in [6.45, 7) is 1.54. The smallest absolute Gasteiger partial charge is 0.325 e. The molecule has 1 aliphatic rings. The van der Waals surface area contributed by atoms with Crippen LogP contribution in [0.1, 0.15) is 12.0 Å². The summed E-state index contributed by atoms with van der Waals surface area (Å²) < 4.78 is 40.4. The van der Waals surface area contributed by atoms with Crippen LogP contribution in [0.15, 0.2) is 22.7 Å². The van der Waals surface area contributed by atoms with Crippen LogP contribution in [0.5, 0.6) is 0 Å². The molecule has 1 fully saturated rings. The van der Waals surface area contributed by atoms with Gasteiger partial charge in [-0.25, -0.2) is 0 Å². The molecule has 1 aromatic carbocycles. The predicted octanol–water partition coefficient (Wildman–Crippen LogP) is 3.24. The minimum Gasteiger partial charge on any atom is -0.325 e. The van der Waals surface area contributed by atoms with E-state index in [1.54, 1.807) is 25.1 Å². The van der Waals surface area contributed by atoms with E-state index in [2.05, 4.69) is 26.6 Å². The van der Waals surface area contributed by atoms with E-state index in [0.717, 1.165) is 0 Å². The first-order valence-corrected chi connectivity index (χ1v) is 6.91. The largest absolute Gasteiger partial charge is 0.404 e. The van der Waals surface area contributed by atoms with Gasteiger partial charge >= 0.3 is 6.18 Å². The van der Waals surface area contributed by atoms with Crippen LogP contribution in [0.4, 0.5) is 18.9 Å². The maximum atomic E-state index is 13.2. The molecule has 0 radical (unpaired) electrons. The normalized spacial score (nSPS) is 22.9. The summed E-state index contributed by atoms with van der Waals surface area (Å²) in [6.07, 6.45) is -4.81. The van der Waals surface area contributed by atoms with E-state index in [0.29, 0.717) is 15.7 Å². The Labute approximate surface area is 123 Å². The topological polar surface area (TPSA) is 41.1 Å². The van der Waals surface area contributed by atoms with Crippen LogP contribution < -0.4 is 10.6 Å². The summed E-state index contributed by atoms with van der Waals surface area (Å²) in [5.41, 5.74) is -1.24. The molecule has 2 rings (SSSR count). The van der Waals surface area contributed by atoms with Crippen molar-refractivity contribution in [1.82, 2.24) is 5.32 Å². The molecule has 0 aliphatic carbocycles. The third kappa shape index (κ3) is 2.69. The number of anilines is 1. The van der Waals surface area contributed by atoms with E-state index in [1.165, 1.54) is 0 Å². The Hall–Kier alpha value is -1.08. The molecule has 0 aromatic heterocycles. The monoisotopic (exact) mass is 350 g/mol. The third-order valence-electron chi connectivity index (χ3n) is 3.58. The fraction of sp³-hybridized carbons (Fsp3) is 0.462. The van der Waals surface area contributed by atoms with Crippen molar-refractivity contribution in [1.29, 1.82) is 0 Å². The number of nitrogens with one attached hydrogen (secondary N) is 2. The van der Waals surface area contributed by atoms with Crippen LogP contribution in [-0.2, 0) is 4.79 Å². The molecule has 3 nitrogen and oxygen atoms in total. The van der Waals surface area contributed by atoms with E-state index in [1.807, 2.05) is 0 Å². The van der Waals surface area contributed by atoms with Crippen LogP contribution in [0, 0.1) is 12.3 Å². The molecule has 1 atom stereocenters. The molecule has 1 aromatic rings. The van der Waals surface area contributed by atoms with Gasteiger partial charge in [-0.1, -0.05) is 22.0 Å². The predicted molar refractivity (Wildman–Crippen MR) is 73.5 cm³/mol. The molecule has 20 heavy (non-hydrogen) atoms. The highest BCUT2D eigenvalue weighted by Gasteiger charge is 2.61. The molecule has 7 heteroatoms. The van der Waals surface area contributed by atoms with Gasteiger partial charge in [0.2, 0.25) is 5.91 Å². The Morgan fingerprint density at radius 3 is 2.70 bits per heavy atom. The maximum absolute atomic E-state index is 13.2. The quantitative estimate of drug-likeness (QED) is 0.859. The number of aryl methyl sites for hydroxylation is 1. The zero-order chi connectivity index (χ0) is 15.0. The third-order valence-corrected chi connectivity index (χ3v) is 4.07. The van der Waals surface area contributed by atoms with Crippen molar-refractivity contribution in [2.45, 2.75) is 19.5 Å². The summed E-state index contributed by atoms with van der Waals surface area (Å²) in [6, 6.07) is 5.09. The minimum absolute atomic E-state index is 0.185. The first-order chi connectivity index (χ1) is 9.26. The van der Waals surface area contributed by atoms with Gasteiger partial charge in [0, 0.05) is 16.7 Å². The molecule has 110 valence electrons. The standard InChI is InChI=1S/C13H14BrF3N2O/c1-8-2-3-9(14)6-10(8)19-11(20)12(13(15,16)17)4-5-18-7-12/h2-3,6,18H,4-5,7H2,1H3,(H,19,20). The van der Waals surface area contributed by atoms with Crippen molar-refractivity contribution in [3.63, 3.8) is 0 Å². The van der Waals surface area contributed by atoms with Crippen molar-refractivity contribution in [2.75, 3.05) is 18.4 Å². The number of hydrogen-bond acceptors (Lipinski definition) is 2. The SMILES string of the molecule is Cc1ccc(Br)cc1NC(=O)C1(C(F)(F)F)CCNC1. The molecule has 1 unspecified atom stereocenters. The number of rotatable bonds is 2. The van der Waals surface area contributed by atoms with Gasteiger partial charge < -0.3 is 10.6 Å². The van der Waals surface area contributed by atoms with Crippen molar-refractivity contribution < 1.29 is 18.0 Å². The maximum Gasteiger partial charge on any atom is 0.404 e. The van der Waals surface area contributed by atoms with Gasteiger partial charge in [-0.15, -0.1) is 0 Å². The molecule has 1 aliphatic heterocycles. The number of amides is 1. The number of carbonyl (C=O) groups excluding carboxylic acids is 1. The Balaban J connectivity index is 2.28. The van der Waals surface area contributed by atoms with Gasteiger partial charge in [-0.05, 0) is 37.6 Å². The second-order valence-electron chi connectivity index (χ2n) is 4.92. The Morgan fingerprint density at radius 1 is 1.45 bits per heavy atom. The van der Waals surface area contributed by atoms with Crippen LogP contribution in [0.2, 0.25) is 0 Å². The average Bonchev–Trinajstić information content (AvgIpc) is 2.83. The molecule has 1 saturated heterocycles. The molecule has 1 heterocycles. The van der Waals surface area contributed by atoms with Crippen molar-refractivity contribution in [3.05, 3.63) is 28.2 Å². The highest BCUT2D eigenvalue weighted by atomic mass is 79.9. The molecule has 1 amide bonds. The molecular formula is C13H14BrF3N2O. The van der Waals surface area contributed by atoms with Crippen molar-refractivity contribution in [3.8, 4) is 0 Å². The molecular weight excluding hydrogens is 337 g/mol. The molecule has 0 saturated carbocycles. The molecule has 2 N–H and O–H groups in total. The number of halogens is 4. The van der Waals surface area contributed by atoms with Gasteiger partial charge in [0.05, 0.1) is 0 Å². The van der Waals surface area contributed by atoms with E-state index in [4.69, 9.17) is 0 Å². The minimum atomic E-state index is -4.57. The summed E-state index contributed by atoms with van der Waals surface area (Å²) in [5.74, 6) is -1.00. The van der Waals surface area contributed by atoms with Gasteiger partial charge in [-0.3, -0.25) is 4.79 Å². The molecule has 0 spiro atoms. The van der Waals surface area contributed by atoms with Gasteiger partial charge in [0.25, 0.3) is 0 Å². The summed E-state index contributed by atoms with van der Waals surface area (Å²) in [5, 5.41) is 5.03. The lowest BCUT2D eigenvalue weighted by Crippen LogP contribution is -2.49. The van der Waals surface area contributed by atoms with Gasteiger partial charge in [0.1, 0.15) is 0 Å². The van der Waals surface area contributed by atoms with E-state index >= 15 is 0 Å². The van der Waals surface area contributed by atoms with Crippen LogP contribution in [-0.4, -0.2) is 25.2 Å². The van der Waals surface area contributed by atoms with Crippen molar-refractivity contribution >= 4 is 27.5 Å². The lowest BCUT2D eigenvalue weighted by molar-refractivity contribution is -0.213. The number of benzene rings is 1. The van der Waals surface area contributed by atoms with E-state index in [9.17, 15) is 18.0 Å². The van der Waals surface area contributed by atoms with E-state index < -0.39 is 17.5 Å². The Bertz CT molecular complexity index is 525. The zero-order valence-electron chi connectivity index (χ0n) is 10.8. The highest BCUT2D eigenvalue weighted by Crippen LogP contribution is 2.44. The second-order valence-corrected chi connectivity index (χ2v) is 5.84. The second kappa shape index (κ2) is 5.37. The van der Waals surface area contributed by atoms with Crippen LogP contribution in [0.3, 0.4) is 0 Å². The van der Waals surface area contributed by atoms with Gasteiger partial charge in [0.15, 0.2) is 5.41 Å². The summed E-state index contributed by atoms with van der Waals surface area (Å²) in [4.78, 5) is 12.2. The van der Waals surface area contributed by atoms with Crippen molar-refractivity contribution in [2.24, 2.45) is 5.41 Å². The van der Waals surface area contributed by atoms with Gasteiger partial charge in [-0.2, -0.15) is 13.2 Å².